The first-order chi connectivity index (χ1) is 6.97. The normalized spacial score (nSPS) is 11.3. The summed E-state index contributed by atoms with van der Waals surface area (Å²) in [6.07, 6.45) is 0. The van der Waals surface area contributed by atoms with Gasteiger partial charge in [-0.3, -0.25) is 9.59 Å². The second-order valence-corrected chi connectivity index (χ2v) is 2.75. The van der Waals surface area contributed by atoms with E-state index in [1.165, 1.54) is 6.92 Å². The maximum absolute atomic E-state index is 11.2. The lowest BCUT2D eigenvalue weighted by Crippen LogP contribution is -2.47. The summed E-state index contributed by atoms with van der Waals surface area (Å²) in [7, 11) is 0. The van der Waals surface area contributed by atoms with E-state index in [1.807, 2.05) is 0 Å². The van der Waals surface area contributed by atoms with Gasteiger partial charge in [0.25, 0.3) is 0 Å². The number of nitrogens with two attached hydrogens (primary N) is 1. The highest BCUT2D eigenvalue weighted by atomic mass is 16.5. The zero-order valence-electron chi connectivity index (χ0n) is 8.70. The van der Waals surface area contributed by atoms with Crippen LogP contribution in [0, 0.1) is 0 Å². The van der Waals surface area contributed by atoms with Gasteiger partial charge in [0, 0.05) is 0 Å². The van der Waals surface area contributed by atoms with Gasteiger partial charge in [-0.1, -0.05) is 0 Å². The summed E-state index contributed by atoms with van der Waals surface area (Å²) in [5, 5.41) is 4.46. The first-order valence-electron chi connectivity index (χ1n) is 4.46. The Labute approximate surface area is 87.3 Å². The molecule has 0 aliphatic carbocycles. The Bertz CT molecular complexity index is 254. The van der Waals surface area contributed by atoms with Crippen molar-refractivity contribution < 1.29 is 19.1 Å². The number of carbonyl (C=O) groups is 3. The molecule has 86 valence electrons. The van der Waals surface area contributed by atoms with E-state index >= 15 is 0 Å². The molecule has 7 nitrogen and oxygen atoms in total. The molecule has 0 spiro atoms. The minimum Gasteiger partial charge on any atom is -0.465 e. The topological polar surface area (TPSA) is 111 Å². The van der Waals surface area contributed by atoms with Crippen LogP contribution in [0.5, 0.6) is 0 Å². The fraction of sp³-hybridized carbons (Fsp3) is 0.625. The van der Waals surface area contributed by atoms with Gasteiger partial charge < -0.3 is 21.1 Å². The van der Waals surface area contributed by atoms with Crippen LogP contribution in [0.4, 0.5) is 4.79 Å². The van der Waals surface area contributed by atoms with Crippen molar-refractivity contribution >= 4 is 17.9 Å². The third-order valence-corrected chi connectivity index (χ3v) is 1.46. The lowest BCUT2D eigenvalue weighted by molar-refractivity contribution is -0.143. The van der Waals surface area contributed by atoms with Crippen LogP contribution in [-0.4, -0.2) is 37.1 Å². The fourth-order valence-electron chi connectivity index (χ4n) is 0.803. The monoisotopic (exact) mass is 217 g/mol. The number of hydrogen-bond donors (Lipinski definition) is 3. The van der Waals surface area contributed by atoms with Gasteiger partial charge in [0.1, 0.15) is 12.6 Å². The molecule has 0 aromatic heterocycles. The number of carbonyl (C=O) groups excluding carboxylic acids is 3. The third kappa shape index (κ3) is 6.30. The average molecular weight is 217 g/mol. The lowest BCUT2D eigenvalue weighted by atomic mass is 10.3. The first-order valence-corrected chi connectivity index (χ1v) is 4.46. The fourth-order valence-corrected chi connectivity index (χ4v) is 0.803. The minimum atomic E-state index is -0.797. The molecule has 15 heavy (non-hydrogen) atoms. The van der Waals surface area contributed by atoms with Gasteiger partial charge in [-0.25, -0.2) is 4.79 Å². The highest BCUT2D eigenvalue weighted by molar-refractivity contribution is 5.88. The highest BCUT2D eigenvalue weighted by Gasteiger charge is 2.14. The summed E-state index contributed by atoms with van der Waals surface area (Å²) < 4.78 is 4.59. The van der Waals surface area contributed by atoms with Gasteiger partial charge in [0.05, 0.1) is 6.61 Å². The Morgan fingerprint density at radius 3 is 2.47 bits per heavy atom. The molecule has 0 aromatic carbocycles. The van der Waals surface area contributed by atoms with E-state index in [2.05, 4.69) is 15.4 Å². The van der Waals surface area contributed by atoms with Crippen molar-refractivity contribution in [2.24, 2.45) is 5.73 Å². The zero-order chi connectivity index (χ0) is 11.8. The van der Waals surface area contributed by atoms with E-state index in [4.69, 9.17) is 5.73 Å². The van der Waals surface area contributed by atoms with Crippen molar-refractivity contribution in [3.63, 3.8) is 0 Å². The van der Waals surface area contributed by atoms with Gasteiger partial charge >= 0.3 is 12.0 Å². The maximum atomic E-state index is 11.2. The van der Waals surface area contributed by atoms with Gasteiger partial charge in [-0.2, -0.15) is 0 Å². The van der Waals surface area contributed by atoms with Gasteiger partial charge in [-0.05, 0) is 13.8 Å². The predicted molar refractivity (Wildman–Crippen MR) is 51.8 cm³/mol. The molecule has 0 radical (unpaired) electrons. The van der Waals surface area contributed by atoms with E-state index in [0.717, 1.165) is 0 Å². The number of rotatable bonds is 5. The molecule has 0 fully saturated rings. The molecule has 0 bridgehead atoms. The number of hydrogen-bond acceptors (Lipinski definition) is 4. The van der Waals surface area contributed by atoms with Crippen molar-refractivity contribution in [3.05, 3.63) is 0 Å². The van der Waals surface area contributed by atoms with Crippen molar-refractivity contribution in [1.82, 2.24) is 10.6 Å². The third-order valence-electron chi connectivity index (χ3n) is 1.46. The summed E-state index contributed by atoms with van der Waals surface area (Å²) in [6.45, 7) is 3.14. The van der Waals surface area contributed by atoms with Gasteiger partial charge in [-0.15, -0.1) is 0 Å². The van der Waals surface area contributed by atoms with E-state index in [0.29, 0.717) is 0 Å². The van der Waals surface area contributed by atoms with Crippen LogP contribution >= 0.6 is 0 Å². The Morgan fingerprint density at radius 1 is 1.40 bits per heavy atom. The number of primary amides is 1. The van der Waals surface area contributed by atoms with Gasteiger partial charge in [0.2, 0.25) is 5.91 Å². The van der Waals surface area contributed by atoms with Crippen LogP contribution < -0.4 is 16.4 Å². The second kappa shape index (κ2) is 6.63. The van der Waals surface area contributed by atoms with E-state index in [9.17, 15) is 14.4 Å². The largest absolute Gasteiger partial charge is 0.465 e. The SMILES string of the molecule is CCOC(=O)CNC(=O)[C@H](C)NC(N)=O. The molecule has 0 unspecified atom stereocenters. The van der Waals surface area contributed by atoms with Crippen molar-refractivity contribution in [3.8, 4) is 0 Å². The molecule has 4 N–H and O–H groups in total. The lowest BCUT2D eigenvalue weighted by Gasteiger charge is -2.11. The summed E-state index contributed by atoms with van der Waals surface area (Å²) in [4.78, 5) is 32.4. The smallest absolute Gasteiger partial charge is 0.325 e. The Morgan fingerprint density at radius 2 is 2.00 bits per heavy atom. The first kappa shape index (κ1) is 13.2. The molecule has 0 rings (SSSR count). The van der Waals surface area contributed by atoms with Crippen molar-refractivity contribution in [2.45, 2.75) is 19.9 Å². The molecule has 0 saturated carbocycles. The molecule has 0 saturated heterocycles. The number of urea groups is 1. The van der Waals surface area contributed by atoms with E-state index in [-0.39, 0.29) is 13.2 Å². The van der Waals surface area contributed by atoms with Crippen LogP contribution in [0.25, 0.3) is 0 Å². The molecular weight excluding hydrogens is 202 g/mol. The number of nitrogens with one attached hydrogen (secondary N) is 2. The predicted octanol–water partition coefficient (Wildman–Crippen LogP) is -1.28. The van der Waals surface area contributed by atoms with Crippen LogP contribution in [0.2, 0.25) is 0 Å². The minimum absolute atomic E-state index is 0.225. The van der Waals surface area contributed by atoms with Crippen molar-refractivity contribution in [2.75, 3.05) is 13.2 Å². The molecule has 0 heterocycles. The molecule has 1 atom stereocenters. The van der Waals surface area contributed by atoms with E-state index < -0.39 is 23.9 Å². The molecule has 0 aliphatic heterocycles. The number of ether oxygens (including phenoxy) is 1. The summed E-state index contributed by atoms with van der Waals surface area (Å²) in [5.41, 5.74) is 4.81. The Balaban J connectivity index is 3.82. The number of esters is 1. The molecule has 7 heteroatoms. The van der Waals surface area contributed by atoms with E-state index in [1.54, 1.807) is 6.92 Å². The Hall–Kier alpha value is -1.79. The number of amides is 3. The van der Waals surface area contributed by atoms with Crippen LogP contribution in [0.15, 0.2) is 0 Å². The molecule has 3 amide bonds. The molecule has 0 aliphatic rings. The zero-order valence-corrected chi connectivity index (χ0v) is 8.70. The summed E-state index contributed by atoms with van der Waals surface area (Å²) in [5.74, 6) is -1.03. The highest BCUT2D eigenvalue weighted by Crippen LogP contribution is 1.82. The molecular formula is C8H15N3O4. The summed E-state index contributed by atoms with van der Waals surface area (Å²) in [6, 6.07) is -1.58. The quantitative estimate of drug-likeness (QED) is 0.498. The van der Waals surface area contributed by atoms with Crippen LogP contribution in [0.1, 0.15) is 13.8 Å². The standard InChI is InChI=1S/C8H15N3O4/c1-3-15-6(12)4-10-7(13)5(2)11-8(9)14/h5H,3-4H2,1-2H3,(H,10,13)(H3,9,11,14)/t5-/m0/s1. The van der Waals surface area contributed by atoms with Crippen LogP contribution in [0.3, 0.4) is 0 Å². The molecule has 0 aromatic rings. The van der Waals surface area contributed by atoms with Crippen LogP contribution in [-0.2, 0) is 14.3 Å². The van der Waals surface area contributed by atoms with Crippen molar-refractivity contribution in [1.29, 1.82) is 0 Å². The van der Waals surface area contributed by atoms with Gasteiger partial charge in [0.15, 0.2) is 0 Å². The maximum Gasteiger partial charge on any atom is 0.325 e. The summed E-state index contributed by atoms with van der Waals surface area (Å²) >= 11 is 0. The average Bonchev–Trinajstić information content (AvgIpc) is 2.13. The second-order valence-electron chi connectivity index (χ2n) is 2.75. The Kier molecular flexibility index (Phi) is 5.84.